The molecule has 6 nitrogen and oxygen atoms in total. The van der Waals surface area contributed by atoms with Crippen LogP contribution in [0, 0.1) is 0 Å². The fourth-order valence-electron chi connectivity index (χ4n) is 0.891. The molecule has 17 heavy (non-hydrogen) atoms. The summed E-state index contributed by atoms with van der Waals surface area (Å²) in [6.45, 7) is 6.10. The average Bonchev–Trinajstić information content (AvgIpc) is 2.59. The molecule has 0 unspecified atom stereocenters. The fraction of sp³-hybridized carbons (Fsp3) is 0.778. The lowest BCUT2D eigenvalue weighted by Gasteiger charge is -2.13. The molecule has 0 radical (unpaired) electrons. The summed E-state index contributed by atoms with van der Waals surface area (Å²) >= 11 is 1.29. The first-order valence-electron chi connectivity index (χ1n) is 5.07. The van der Waals surface area contributed by atoms with Gasteiger partial charge in [0.15, 0.2) is 0 Å². The van der Waals surface area contributed by atoms with Crippen molar-refractivity contribution in [3.63, 3.8) is 0 Å². The molecule has 1 aromatic heterocycles. The van der Waals surface area contributed by atoms with Gasteiger partial charge in [0, 0.05) is 12.5 Å². The largest absolute Gasteiger partial charge is 0.262 e. The maximum absolute atomic E-state index is 11.2. The van der Waals surface area contributed by atoms with Gasteiger partial charge < -0.3 is 0 Å². The van der Waals surface area contributed by atoms with Crippen LogP contribution < -0.4 is 0 Å². The minimum atomic E-state index is -3.15. The van der Waals surface area contributed by atoms with Crippen LogP contribution in [0.2, 0.25) is 0 Å². The number of aromatic nitrogens is 3. The van der Waals surface area contributed by atoms with Crippen molar-refractivity contribution < 1.29 is 8.42 Å². The van der Waals surface area contributed by atoms with Crippen molar-refractivity contribution in [2.45, 2.75) is 31.3 Å². The normalized spacial score (nSPS) is 13.3. The summed E-state index contributed by atoms with van der Waals surface area (Å²) < 4.78 is 23.6. The molecule has 0 saturated heterocycles. The third-order valence-corrected chi connectivity index (χ3v) is 4.50. The standard InChI is InChI=1S/C9H18N4O2S2/c1-9(2,3)7-10-8(12-11-7)16-6-13(4)17(5,14)15/h6H2,1-5H3,(H,10,11,12). The van der Waals surface area contributed by atoms with Crippen LogP contribution in [0.25, 0.3) is 0 Å². The quantitative estimate of drug-likeness (QED) is 0.657. The highest BCUT2D eigenvalue weighted by molar-refractivity contribution is 7.99. The van der Waals surface area contributed by atoms with Gasteiger partial charge in [-0.1, -0.05) is 32.5 Å². The first-order chi connectivity index (χ1) is 7.60. The van der Waals surface area contributed by atoms with E-state index in [-0.39, 0.29) is 5.41 Å². The topological polar surface area (TPSA) is 79.0 Å². The van der Waals surface area contributed by atoms with E-state index in [0.717, 1.165) is 5.82 Å². The molecule has 0 aliphatic rings. The molecule has 98 valence electrons. The van der Waals surface area contributed by atoms with E-state index in [2.05, 4.69) is 15.2 Å². The summed E-state index contributed by atoms with van der Waals surface area (Å²) in [5.74, 6) is 1.10. The van der Waals surface area contributed by atoms with Gasteiger partial charge in [-0.25, -0.2) is 13.4 Å². The first-order valence-corrected chi connectivity index (χ1v) is 7.91. The number of thioether (sulfide) groups is 1. The van der Waals surface area contributed by atoms with E-state index in [4.69, 9.17) is 0 Å². The third kappa shape index (κ3) is 4.29. The number of nitrogens with zero attached hydrogens (tertiary/aromatic N) is 3. The Kier molecular flexibility index (Phi) is 4.21. The number of aromatic amines is 1. The number of hydrogen-bond acceptors (Lipinski definition) is 5. The van der Waals surface area contributed by atoms with Gasteiger partial charge in [0.05, 0.1) is 12.1 Å². The Bertz CT molecular complexity index is 475. The Morgan fingerprint density at radius 3 is 2.41 bits per heavy atom. The molecule has 1 N–H and O–H groups in total. The fourth-order valence-corrected chi connectivity index (χ4v) is 2.38. The molecular weight excluding hydrogens is 260 g/mol. The number of nitrogens with one attached hydrogen (secondary N) is 1. The predicted molar refractivity (Wildman–Crippen MR) is 68.4 cm³/mol. The summed E-state index contributed by atoms with van der Waals surface area (Å²) in [6, 6.07) is 0. The van der Waals surface area contributed by atoms with Gasteiger partial charge >= 0.3 is 0 Å². The molecule has 0 spiro atoms. The van der Waals surface area contributed by atoms with E-state index in [1.165, 1.54) is 29.4 Å². The summed E-state index contributed by atoms with van der Waals surface area (Å²) in [6.07, 6.45) is 1.17. The minimum Gasteiger partial charge on any atom is -0.262 e. The smallest absolute Gasteiger partial charge is 0.211 e. The van der Waals surface area contributed by atoms with E-state index in [1.807, 2.05) is 20.8 Å². The molecule has 1 rings (SSSR count). The lowest BCUT2D eigenvalue weighted by molar-refractivity contribution is 0.519. The van der Waals surface area contributed by atoms with E-state index < -0.39 is 10.0 Å². The Morgan fingerprint density at radius 1 is 1.41 bits per heavy atom. The molecule has 8 heteroatoms. The van der Waals surface area contributed by atoms with Crippen LogP contribution in [0.4, 0.5) is 0 Å². The number of H-pyrrole nitrogens is 1. The van der Waals surface area contributed by atoms with E-state index in [9.17, 15) is 8.42 Å². The lowest BCUT2D eigenvalue weighted by atomic mass is 9.96. The second kappa shape index (κ2) is 4.95. The van der Waals surface area contributed by atoms with Gasteiger partial charge in [-0.15, -0.1) is 5.10 Å². The van der Waals surface area contributed by atoms with Crippen LogP contribution in [0.5, 0.6) is 0 Å². The summed E-state index contributed by atoms with van der Waals surface area (Å²) in [4.78, 5) is 4.31. The second-order valence-electron chi connectivity index (χ2n) is 4.85. The molecule has 1 aromatic rings. The summed E-state index contributed by atoms with van der Waals surface area (Å²) in [5, 5.41) is 7.46. The number of hydrogen-bond donors (Lipinski definition) is 1. The van der Waals surface area contributed by atoms with E-state index in [1.54, 1.807) is 0 Å². The van der Waals surface area contributed by atoms with Crippen molar-refractivity contribution in [3.8, 4) is 0 Å². The zero-order valence-corrected chi connectivity index (χ0v) is 12.3. The first kappa shape index (κ1) is 14.5. The summed E-state index contributed by atoms with van der Waals surface area (Å²) in [7, 11) is -1.62. The highest BCUT2D eigenvalue weighted by Gasteiger charge is 2.19. The van der Waals surface area contributed by atoms with Crippen LogP contribution in [-0.2, 0) is 15.4 Å². The van der Waals surface area contributed by atoms with Crippen molar-refractivity contribution in [3.05, 3.63) is 5.82 Å². The molecule has 0 saturated carbocycles. The minimum absolute atomic E-state index is 0.0887. The zero-order valence-electron chi connectivity index (χ0n) is 10.7. The van der Waals surface area contributed by atoms with Gasteiger partial charge in [0.1, 0.15) is 5.82 Å². The van der Waals surface area contributed by atoms with Crippen molar-refractivity contribution in [2.75, 3.05) is 19.2 Å². The van der Waals surface area contributed by atoms with Crippen molar-refractivity contribution >= 4 is 21.8 Å². The molecule has 0 atom stereocenters. The summed E-state index contributed by atoms with van der Waals surface area (Å²) in [5.41, 5.74) is -0.0887. The van der Waals surface area contributed by atoms with Crippen molar-refractivity contribution in [1.29, 1.82) is 0 Å². The van der Waals surface area contributed by atoms with Gasteiger partial charge in [-0.3, -0.25) is 5.10 Å². The lowest BCUT2D eigenvalue weighted by Crippen LogP contribution is -2.24. The SMILES string of the molecule is CN(CSc1n[nH]c(C(C)(C)C)n1)S(C)(=O)=O. The van der Waals surface area contributed by atoms with Crippen LogP contribution in [0.1, 0.15) is 26.6 Å². The van der Waals surface area contributed by atoms with Gasteiger partial charge in [-0.05, 0) is 0 Å². The molecule has 0 aromatic carbocycles. The number of sulfonamides is 1. The van der Waals surface area contributed by atoms with Crippen LogP contribution in [0.15, 0.2) is 5.16 Å². The Hall–Kier alpha value is -0.600. The van der Waals surface area contributed by atoms with Crippen molar-refractivity contribution in [2.24, 2.45) is 0 Å². The molecule has 1 heterocycles. The molecule has 0 fully saturated rings. The number of rotatable bonds is 4. The Labute approximate surface area is 106 Å². The van der Waals surface area contributed by atoms with Gasteiger partial charge in [0.2, 0.25) is 15.2 Å². The maximum atomic E-state index is 11.2. The van der Waals surface area contributed by atoms with Crippen LogP contribution in [-0.4, -0.2) is 47.1 Å². The average molecular weight is 278 g/mol. The zero-order chi connectivity index (χ0) is 13.3. The molecule has 0 aliphatic carbocycles. The van der Waals surface area contributed by atoms with Crippen LogP contribution >= 0.6 is 11.8 Å². The Balaban J connectivity index is 2.63. The van der Waals surface area contributed by atoms with E-state index in [0.29, 0.717) is 11.0 Å². The van der Waals surface area contributed by atoms with Crippen molar-refractivity contribution in [1.82, 2.24) is 19.5 Å². The Morgan fingerprint density at radius 2 is 2.00 bits per heavy atom. The highest BCUT2D eigenvalue weighted by Crippen LogP contribution is 2.21. The van der Waals surface area contributed by atoms with Crippen LogP contribution in [0.3, 0.4) is 0 Å². The highest BCUT2D eigenvalue weighted by atomic mass is 32.2. The van der Waals surface area contributed by atoms with E-state index >= 15 is 0 Å². The monoisotopic (exact) mass is 278 g/mol. The second-order valence-corrected chi connectivity index (χ2v) is 7.85. The van der Waals surface area contributed by atoms with Gasteiger partial charge in [0.25, 0.3) is 0 Å². The molecule has 0 aliphatic heterocycles. The third-order valence-electron chi connectivity index (χ3n) is 2.12. The van der Waals surface area contributed by atoms with Gasteiger partial charge in [-0.2, -0.15) is 4.31 Å². The molecule has 0 amide bonds. The molecule has 0 bridgehead atoms. The predicted octanol–water partition coefficient (Wildman–Crippen LogP) is 1.04. The molecular formula is C9H18N4O2S2. The maximum Gasteiger partial charge on any atom is 0.211 e.